The minimum atomic E-state index is 0.192. The molecular weight excluding hydrogens is 248 g/mol. The molecule has 3 heteroatoms. The highest BCUT2D eigenvalue weighted by Crippen LogP contribution is 2.33. The van der Waals surface area contributed by atoms with Crippen LogP contribution in [-0.4, -0.2) is 19.5 Å². The Kier molecular flexibility index (Phi) is 3.95. The Hall–Kier alpha value is -1.51. The fraction of sp³-hybridized carbons (Fsp3) is 0.588. The van der Waals surface area contributed by atoms with Gasteiger partial charge in [0.1, 0.15) is 0 Å². The summed E-state index contributed by atoms with van der Waals surface area (Å²) < 4.78 is 0. The van der Waals surface area contributed by atoms with E-state index >= 15 is 0 Å². The van der Waals surface area contributed by atoms with Gasteiger partial charge in [-0.3, -0.25) is 4.79 Å². The van der Waals surface area contributed by atoms with Crippen molar-refractivity contribution in [3.05, 3.63) is 29.8 Å². The Morgan fingerprint density at radius 2 is 1.90 bits per heavy atom. The van der Waals surface area contributed by atoms with Gasteiger partial charge in [-0.25, -0.2) is 0 Å². The van der Waals surface area contributed by atoms with E-state index in [9.17, 15) is 4.79 Å². The first-order valence-electron chi connectivity index (χ1n) is 7.86. The Labute approximate surface area is 121 Å². The Morgan fingerprint density at radius 3 is 2.70 bits per heavy atom. The molecule has 108 valence electrons. The van der Waals surface area contributed by atoms with Gasteiger partial charge in [-0.2, -0.15) is 0 Å². The van der Waals surface area contributed by atoms with E-state index < -0.39 is 0 Å². The van der Waals surface area contributed by atoms with Crippen LogP contribution in [0.25, 0.3) is 0 Å². The lowest BCUT2D eigenvalue weighted by molar-refractivity contribution is -0.126. The van der Waals surface area contributed by atoms with Gasteiger partial charge in [0.15, 0.2) is 0 Å². The third-order valence-electron chi connectivity index (χ3n) is 4.77. The van der Waals surface area contributed by atoms with Crippen molar-refractivity contribution >= 4 is 11.6 Å². The lowest BCUT2D eigenvalue weighted by Gasteiger charge is -2.34. The van der Waals surface area contributed by atoms with Crippen molar-refractivity contribution in [1.29, 1.82) is 0 Å². The normalized spacial score (nSPS) is 23.2. The minimum Gasteiger partial charge on any atom is -0.374 e. The summed E-state index contributed by atoms with van der Waals surface area (Å²) in [4.78, 5) is 14.7. The zero-order valence-corrected chi connectivity index (χ0v) is 12.3. The van der Waals surface area contributed by atoms with Crippen molar-refractivity contribution in [1.82, 2.24) is 5.32 Å². The van der Waals surface area contributed by atoms with Gasteiger partial charge >= 0.3 is 0 Å². The highest BCUT2D eigenvalue weighted by atomic mass is 16.1. The van der Waals surface area contributed by atoms with Crippen LogP contribution >= 0.6 is 0 Å². The smallest absolute Gasteiger partial charge is 0.223 e. The molecule has 3 rings (SSSR count). The lowest BCUT2D eigenvalue weighted by Crippen LogP contribution is -2.39. The molecule has 1 amide bonds. The molecule has 1 heterocycles. The fourth-order valence-corrected chi connectivity index (χ4v) is 3.53. The molecule has 1 aromatic rings. The molecular formula is C17H24N2O. The molecule has 0 spiro atoms. The number of nitrogens with zero attached hydrogens (tertiary/aromatic N) is 1. The summed E-state index contributed by atoms with van der Waals surface area (Å²) in [7, 11) is 2.12. The summed E-state index contributed by atoms with van der Waals surface area (Å²) in [6.45, 7) is 1.01. The van der Waals surface area contributed by atoms with E-state index in [0.29, 0.717) is 0 Å². The van der Waals surface area contributed by atoms with Crippen LogP contribution in [0.2, 0.25) is 0 Å². The van der Waals surface area contributed by atoms with Crippen molar-refractivity contribution in [2.24, 2.45) is 5.92 Å². The van der Waals surface area contributed by atoms with Gasteiger partial charge in [0.05, 0.1) is 6.04 Å². The van der Waals surface area contributed by atoms with Gasteiger partial charge in [-0.15, -0.1) is 0 Å². The Morgan fingerprint density at radius 1 is 1.15 bits per heavy atom. The summed E-state index contributed by atoms with van der Waals surface area (Å²) in [6, 6.07) is 8.63. The topological polar surface area (TPSA) is 32.3 Å². The zero-order chi connectivity index (χ0) is 13.9. The number of carbonyl (C=O) groups is 1. The van der Waals surface area contributed by atoms with Gasteiger partial charge < -0.3 is 10.2 Å². The molecule has 0 saturated heterocycles. The van der Waals surface area contributed by atoms with E-state index in [4.69, 9.17) is 0 Å². The quantitative estimate of drug-likeness (QED) is 0.896. The fourth-order valence-electron chi connectivity index (χ4n) is 3.53. The lowest BCUT2D eigenvalue weighted by atomic mass is 9.88. The van der Waals surface area contributed by atoms with Gasteiger partial charge in [0, 0.05) is 25.2 Å². The Bertz CT molecular complexity index is 480. The monoisotopic (exact) mass is 272 g/mol. The van der Waals surface area contributed by atoms with E-state index in [-0.39, 0.29) is 17.9 Å². The van der Waals surface area contributed by atoms with Gasteiger partial charge in [-0.1, -0.05) is 37.5 Å². The predicted octanol–water partition coefficient (Wildman–Crippen LogP) is 3.26. The van der Waals surface area contributed by atoms with Crippen molar-refractivity contribution in [3.63, 3.8) is 0 Å². The summed E-state index contributed by atoms with van der Waals surface area (Å²) in [5.41, 5.74) is 2.53. The molecule has 0 radical (unpaired) electrons. The predicted molar refractivity (Wildman–Crippen MR) is 81.8 cm³/mol. The van der Waals surface area contributed by atoms with Gasteiger partial charge in [0.25, 0.3) is 0 Å². The van der Waals surface area contributed by atoms with E-state index in [1.165, 1.54) is 30.5 Å². The number of rotatable bonds is 2. The largest absolute Gasteiger partial charge is 0.374 e. The first-order chi connectivity index (χ1) is 9.75. The van der Waals surface area contributed by atoms with E-state index in [1.807, 2.05) is 0 Å². The van der Waals surface area contributed by atoms with Crippen molar-refractivity contribution in [3.8, 4) is 0 Å². The Balaban J connectivity index is 1.72. The van der Waals surface area contributed by atoms with Crippen molar-refractivity contribution in [2.75, 3.05) is 18.5 Å². The number of amides is 1. The van der Waals surface area contributed by atoms with Crippen LogP contribution in [0.5, 0.6) is 0 Å². The number of para-hydroxylation sites is 1. The summed E-state index contributed by atoms with van der Waals surface area (Å²) in [5, 5.41) is 3.30. The molecule has 1 aliphatic heterocycles. The molecule has 2 aliphatic rings. The van der Waals surface area contributed by atoms with Crippen molar-refractivity contribution < 1.29 is 4.79 Å². The molecule has 20 heavy (non-hydrogen) atoms. The molecule has 1 saturated carbocycles. The molecule has 1 fully saturated rings. The van der Waals surface area contributed by atoms with E-state index in [2.05, 4.69) is 41.5 Å². The van der Waals surface area contributed by atoms with Crippen LogP contribution in [0.4, 0.5) is 5.69 Å². The van der Waals surface area contributed by atoms with Crippen LogP contribution in [0.15, 0.2) is 24.3 Å². The second-order valence-electron chi connectivity index (χ2n) is 6.17. The third-order valence-corrected chi connectivity index (χ3v) is 4.77. The third kappa shape index (κ3) is 2.67. The number of nitrogens with one attached hydrogen (secondary N) is 1. The number of benzene rings is 1. The van der Waals surface area contributed by atoms with Gasteiger partial charge in [0.2, 0.25) is 5.91 Å². The highest BCUT2D eigenvalue weighted by molar-refractivity contribution is 5.79. The number of hydrogen-bond acceptors (Lipinski definition) is 2. The van der Waals surface area contributed by atoms with Gasteiger partial charge in [-0.05, 0) is 30.9 Å². The maximum atomic E-state index is 12.4. The van der Waals surface area contributed by atoms with Crippen LogP contribution in [0.1, 0.15) is 50.1 Å². The molecule has 3 nitrogen and oxygen atoms in total. The zero-order valence-electron chi connectivity index (χ0n) is 12.3. The summed E-state index contributed by atoms with van der Waals surface area (Å²) in [6.07, 6.45) is 6.86. The molecule has 1 atom stereocenters. The summed E-state index contributed by atoms with van der Waals surface area (Å²) >= 11 is 0. The standard InChI is InChI=1S/C17H24N2O/c1-19-12-11-15(14-9-5-6-10-16(14)19)18-17(20)13-7-3-2-4-8-13/h5-6,9-10,13,15H,2-4,7-8,11-12H2,1H3,(H,18,20). The second-order valence-corrected chi connectivity index (χ2v) is 6.17. The second kappa shape index (κ2) is 5.86. The minimum absolute atomic E-state index is 0.192. The number of hydrogen-bond donors (Lipinski definition) is 1. The van der Waals surface area contributed by atoms with Crippen LogP contribution in [-0.2, 0) is 4.79 Å². The SMILES string of the molecule is CN1CCC(NC(=O)C2CCCCC2)c2ccccc21. The first kappa shape index (κ1) is 13.5. The molecule has 1 N–H and O–H groups in total. The number of anilines is 1. The molecule has 1 unspecified atom stereocenters. The average Bonchev–Trinajstić information content (AvgIpc) is 2.51. The molecule has 1 aromatic carbocycles. The molecule has 0 aromatic heterocycles. The van der Waals surface area contributed by atoms with Crippen molar-refractivity contribution in [2.45, 2.75) is 44.6 Å². The maximum Gasteiger partial charge on any atom is 0.223 e. The first-order valence-corrected chi connectivity index (χ1v) is 7.86. The maximum absolute atomic E-state index is 12.4. The van der Waals surface area contributed by atoms with Crippen LogP contribution < -0.4 is 10.2 Å². The number of fused-ring (bicyclic) bond motifs is 1. The highest BCUT2D eigenvalue weighted by Gasteiger charge is 2.27. The van der Waals surface area contributed by atoms with Crippen LogP contribution in [0, 0.1) is 5.92 Å². The number of carbonyl (C=O) groups excluding carboxylic acids is 1. The van der Waals surface area contributed by atoms with Crippen LogP contribution in [0.3, 0.4) is 0 Å². The summed E-state index contributed by atoms with van der Waals surface area (Å²) in [5.74, 6) is 0.518. The molecule has 1 aliphatic carbocycles. The average molecular weight is 272 g/mol. The molecule has 0 bridgehead atoms. The van der Waals surface area contributed by atoms with E-state index in [1.54, 1.807) is 0 Å². The van der Waals surface area contributed by atoms with E-state index in [0.717, 1.165) is 25.8 Å².